The van der Waals surface area contributed by atoms with Crippen LogP contribution in [0.25, 0.3) is 5.57 Å². The molecule has 0 unspecified atom stereocenters. The van der Waals surface area contributed by atoms with E-state index in [0.29, 0.717) is 23.3 Å². The van der Waals surface area contributed by atoms with Crippen LogP contribution in [0, 0.1) is 0 Å². The maximum absolute atomic E-state index is 12.3. The number of carbonyl (C=O) groups is 1. The minimum atomic E-state index is -0.205. The Balaban J connectivity index is 2.05. The number of rotatable bonds is 2. The van der Waals surface area contributed by atoms with Crippen molar-refractivity contribution in [1.82, 2.24) is 0 Å². The predicted molar refractivity (Wildman–Crippen MR) is 83.2 cm³/mol. The maximum Gasteiger partial charge on any atom is 0.188 e. The van der Waals surface area contributed by atoms with E-state index in [1.807, 2.05) is 0 Å². The van der Waals surface area contributed by atoms with Gasteiger partial charge in [0.15, 0.2) is 17.3 Å². The molecular weight excluding hydrogens is 282 g/mol. The summed E-state index contributed by atoms with van der Waals surface area (Å²) in [4.78, 5) is 12.3. The van der Waals surface area contributed by atoms with Crippen molar-refractivity contribution in [3.05, 3.63) is 53.1 Å². The zero-order valence-electron chi connectivity index (χ0n) is 12.0. The van der Waals surface area contributed by atoms with Gasteiger partial charge in [0.05, 0.1) is 7.11 Å². The van der Waals surface area contributed by atoms with Gasteiger partial charge in [-0.1, -0.05) is 6.07 Å². The van der Waals surface area contributed by atoms with E-state index in [0.717, 1.165) is 11.1 Å². The van der Waals surface area contributed by atoms with E-state index in [1.54, 1.807) is 24.3 Å². The third-order valence-electron chi connectivity index (χ3n) is 3.72. The van der Waals surface area contributed by atoms with Crippen molar-refractivity contribution in [2.24, 2.45) is 0 Å². The molecule has 2 aromatic rings. The van der Waals surface area contributed by atoms with Crippen molar-refractivity contribution in [2.75, 3.05) is 12.8 Å². The summed E-state index contributed by atoms with van der Waals surface area (Å²) in [6, 6.07) is 7.88. The van der Waals surface area contributed by atoms with Crippen LogP contribution in [-0.2, 0) is 6.42 Å². The van der Waals surface area contributed by atoms with Crippen LogP contribution in [0.4, 0.5) is 5.69 Å². The molecule has 2 aromatic carbocycles. The van der Waals surface area contributed by atoms with Gasteiger partial charge in [-0.2, -0.15) is 0 Å². The van der Waals surface area contributed by atoms with Crippen LogP contribution < -0.4 is 10.5 Å². The van der Waals surface area contributed by atoms with Gasteiger partial charge < -0.3 is 20.7 Å². The first kappa shape index (κ1) is 14.0. The summed E-state index contributed by atoms with van der Waals surface area (Å²) in [6.45, 7) is 0. The fourth-order valence-electron chi connectivity index (χ4n) is 2.71. The number of benzene rings is 2. The zero-order chi connectivity index (χ0) is 15.9. The number of nitrogen functional groups attached to an aromatic ring is 1. The van der Waals surface area contributed by atoms with Crippen LogP contribution in [0.1, 0.15) is 21.5 Å². The fourth-order valence-corrected chi connectivity index (χ4v) is 2.71. The molecule has 5 nitrogen and oxygen atoms in total. The minimum Gasteiger partial charge on any atom is -0.508 e. The van der Waals surface area contributed by atoms with Crippen LogP contribution >= 0.6 is 0 Å². The van der Waals surface area contributed by atoms with Crippen LogP contribution in [-0.4, -0.2) is 23.1 Å². The summed E-state index contributed by atoms with van der Waals surface area (Å²) in [7, 11) is 1.47. The Morgan fingerprint density at radius 2 is 1.95 bits per heavy atom. The smallest absolute Gasteiger partial charge is 0.188 e. The van der Waals surface area contributed by atoms with E-state index in [-0.39, 0.29) is 23.0 Å². The van der Waals surface area contributed by atoms with Gasteiger partial charge in [0.1, 0.15) is 5.75 Å². The van der Waals surface area contributed by atoms with Gasteiger partial charge in [0.2, 0.25) is 0 Å². The zero-order valence-corrected chi connectivity index (χ0v) is 12.0. The summed E-state index contributed by atoms with van der Waals surface area (Å²) < 4.78 is 5.01. The number of nitrogens with two attached hydrogens (primary N) is 1. The number of hydrogen-bond donors (Lipinski definition) is 3. The second kappa shape index (κ2) is 5.11. The first-order valence-corrected chi connectivity index (χ1v) is 6.73. The summed E-state index contributed by atoms with van der Waals surface area (Å²) in [6.07, 6.45) is 1.96. The quantitative estimate of drug-likeness (QED) is 0.741. The number of aromatic hydroxyl groups is 2. The normalized spacial score (nSPS) is 13.5. The molecule has 5 heteroatoms. The molecular formula is C17H15NO4. The Bertz CT molecular complexity index is 809. The highest BCUT2D eigenvalue weighted by atomic mass is 16.5. The first-order valence-electron chi connectivity index (χ1n) is 6.73. The van der Waals surface area contributed by atoms with Crippen LogP contribution in [0.5, 0.6) is 17.2 Å². The minimum absolute atomic E-state index is 0.00886. The highest BCUT2D eigenvalue weighted by molar-refractivity contribution is 6.15. The monoisotopic (exact) mass is 297 g/mol. The molecule has 22 heavy (non-hydrogen) atoms. The molecule has 4 N–H and O–H groups in total. The largest absolute Gasteiger partial charge is 0.508 e. The molecule has 0 spiro atoms. The number of methoxy groups -OCH3 is 1. The molecule has 0 aliphatic heterocycles. The molecule has 0 atom stereocenters. The van der Waals surface area contributed by atoms with Gasteiger partial charge in [0, 0.05) is 17.3 Å². The molecule has 3 rings (SSSR count). The van der Waals surface area contributed by atoms with Crippen molar-refractivity contribution < 1.29 is 19.7 Å². The second-order valence-electron chi connectivity index (χ2n) is 5.17. The van der Waals surface area contributed by atoms with Gasteiger partial charge in [-0.25, -0.2) is 0 Å². The average molecular weight is 297 g/mol. The van der Waals surface area contributed by atoms with E-state index >= 15 is 0 Å². The van der Waals surface area contributed by atoms with Gasteiger partial charge in [-0.05, 0) is 47.4 Å². The molecule has 0 bridgehead atoms. The third-order valence-corrected chi connectivity index (χ3v) is 3.72. The molecule has 0 saturated heterocycles. The Hall–Kier alpha value is -2.95. The lowest BCUT2D eigenvalue weighted by molar-refractivity contribution is 0.104. The Labute approximate surface area is 127 Å². The van der Waals surface area contributed by atoms with E-state index in [9.17, 15) is 15.0 Å². The molecule has 0 saturated carbocycles. The number of ketones is 1. The van der Waals surface area contributed by atoms with Crippen molar-refractivity contribution in [1.29, 1.82) is 0 Å². The average Bonchev–Trinajstić information content (AvgIpc) is 2.45. The molecule has 0 radical (unpaired) electrons. The van der Waals surface area contributed by atoms with Crippen LogP contribution in [0.3, 0.4) is 0 Å². The van der Waals surface area contributed by atoms with Gasteiger partial charge in [-0.3, -0.25) is 4.79 Å². The van der Waals surface area contributed by atoms with Crippen molar-refractivity contribution in [3.63, 3.8) is 0 Å². The molecule has 0 amide bonds. The first-order chi connectivity index (χ1) is 10.5. The third kappa shape index (κ3) is 2.26. The standard InChI is InChI=1S/C17H15NO4/c1-22-16-3-2-9(6-14(16)20)10-4-11-5-12(19)8-13(18)17(11)15(21)7-10/h2-3,5-8,19-20H,4,18H2,1H3. The summed E-state index contributed by atoms with van der Waals surface area (Å²) in [5, 5.41) is 19.5. The SMILES string of the molecule is COc1ccc(C2=CC(=O)c3c(N)cc(O)cc3C2)cc1O. The number of anilines is 1. The molecule has 1 aliphatic rings. The number of ether oxygens (including phenoxy) is 1. The van der Waals surface area contributed by atoms with E-state index in [1.165, 1.54) is 19.3 Å². The highest BCUT2D eigenvalue weighted by Gasteiger charge is 2.22. The highest BCUT2D eigenvalue weighted by Crippen LogP contribution is 2.36. The Kier molecular flexibility index (Phi) is 3.25. The molecule has 0 aromatic heterocycles. The summed E-state index contributed by atoms with van der Waals surface area (Å²) in [5.41, 5.74) is 8.66. The number of fused-ring (bicyclic) bond motifs is 1. The molecule has 1 aliphatic carbocycles. The van der Waals surface area contributed by atoms with E-state index in [4.69, 9.17) is 10.5 Å². The number of allylic oxidation sites excluding steroid dienone is 2. The summed E-state index contributed by atoms with van der Waals surface area (Å²) >= 11 is 0. The number of hydrogen-bond acceptors (Lipinski definition) is 5. The maximum atomic E-state index is 12.3. The van der Waals surface area contributed by atoms with Crippen LogP contribution in [0.15, 0.2) is 36.4 Å². The van der Waals surface area contributed by atoms with Crippen LogP contribution in [0.2, 0.25) is 0 Å². The predicted octanol–water partition coefficient (Wildman–Crippen LogP) is 2.51. The van der Waals surface area contributed by atoms with Gasteiger partial charge in [-0.15, -0.1) is 0 Å². The van der Waals surface area contributed by atoms with Crippen molar-refractivity contribution in [2.45, 2.75) is 6.42 Å². The van der Waals surface area contributed by atoms with Crippen molar-refractivity contribution >= 4 is 17.0 Å². The number of phenolic OH excluding ortho intramolecular Hbond substituents is 2. The lowest BCUT2D eigenvalue weighted by atomic mass is 9.86. The topological polar surface area (TPSA) is 92.8 Å². The summed E-state index contributed by atoms with van der Waals surface area (Å²) in [5.74, 6) is 0.204. The Morgan fingerprint density at radius 1 is 1.18 bits per heavy atom. The lowest BCUT2D eigenvalue weighted by Gasteiger charge is -2.19. The lowest BCUT2D eigenvalue weighted by Crippen LogP contribution is -2.12. The molecule has 0 heterocycles. The van der Waals surface area contributed by atoms with E-state index < -0.39 is 0 Å². The number of carbonyl (C=O) groups excluding carboxylic acids is 1. The number of phenols is 2. The van der Waals surface area contributed by atoms with Gasteiger partial charge in [0.25, 0.3) is 0 Å². The molecule has 112 valence electrons. The van der Waals surface area contributed by atoms with E-state index in [2.05, 4.69) is 0 Å². The fraction of sp³-hybridized carbons (Fsp3) is 0.118. The van der Waals surface area contributed by atoms with Gasteiger partial charge >= 0.3 is 0 Å². The van der Waals surface area contributed by atoms with Crippen molar-refractivity contribution in [3.8, 4) is 17.2 Å². The molecule has 0 fully saturated rings. The Morgan fingerprint density at radius 3 is 2.64 bits per heavy atom. The second-order valence-corrected chi connectivity index (χ2v) is 5.17.